The molecule has 2 heterocycles. The molecule has 1 aliphatic rings. The van der Waals surface area contributed by atoms with Gasteiger partial charge in [0.15, 0.2) is 11.5 Å². The molecule has 1 aliphatic heterocycles. The molecular formula is C19H22N2O3. The second-order valence-electron chi connectivity index (χ2n) is 6.23. The predicted octanol–water partition coefficient (Wildman–Crippen LogP) is 2.59. The summed E-state index contributed by atoms with van der Waals surface area (Å²) in [7, 11) is 5.16. The first kappa shape index (κ1) is 16.3. The number of fused-ring (bicyclic) bond motifs is 1. The molecule has 0 spiro atoms. The molecule has 3 rings (SSSR count). The van der Waals surface area contributed by atoms with Crippen LogP contribution in [0.4, 0.5) is 0 Å². The van der Waals surface area contributed by atoms with Crippen LogP contribution in [0.2, 0.25) is 0 Å². The number of ether oxygens (including phenoxy) is 2. The maximum absolute atomic E-state index is 12.3. The molecule has 0 fully saturated rings. The van der Waals surface area contributed by atoms with Gasteiger partial charge >= 0.3 is 0 Å². The summed E-state index contributed by atoms with van der Waals surface area (Å²) in [6, 6.07) is 9.59. The summed E-state index contributed by atoms with van der Waals surface area (Å²) < 4.78 is 11.3. The monoisotopic (exact) mass is 326 g/mol. The molecule has 5 nitrogen and oxygen atoms in total. The van der Waals surface area contributed by atoms with E-state index in [1.165, 1.54) is 0 Å². The summed E-state index contributed by atoms with van der Waals surface area (Å²) in [6.07, 6.45) is 3.34. The molecule has 1 aromatic carbocycles. The molecular weight excluding hydrogens is 304 g/mol. The lowest BCUT2D eigenvalue weighted by Gasteiger charge is -2.27. The normalized spacial score (nSPS) is 16.0. The summed E-state index contributed by atoms with van der Waals surface area (Å²) in [5.74, 6) is 1.87. The number of nitrogens with zero attached hydrogens (tertiary/aromatic N) is 2. The van der Waals surface area contributed by atoms with Gasteiger partial charge in [0.1, 0.15) is 0 Å². The number of carbonyl (C=O) groups excluding carboxylic acids is 1. The van der Waals surface area contributed by atoms with Crippen molar-refractivity contribution in [2.45, 2.75) is 12.8 Å². The zero-order chi connectivity index (χ0) is 17.1. The van der Waals surface area contributed by atoms with Crippen LogP contribution in [0.5, 0.6) is 11.5 Å². The van der Waals surface area contributed by atoms with E-state index in [0.717, 1.165) is 29.2 Å². The second kappa shape index (κ2) is 6.91. The van der Waals surface area contributed by atoms with Crippen LogP contribution >= 0.6 is 0 Å². The molecule has 0 saturated heterocycles. The Balaban J connectivity index is 1.80. The van der Waals surface area contributed by atoms with E-state index in [2.05, 4.69) is 11.1 Å². The van der Waals surface area contributed by atoms with Crippen LogP contribution < -0.4 is 9.47 Å². The summed E-state index contributed by atoms with van der Waals surface area (Å²) in [5.41, 5.74) is 2.64. The van der Waals surface area contributed by atoms with Crippen LogP contribution in [0.1, 0.15) is 21.6 Å². The van der Waals surface area contributed by atoms with Gasteiger partial charge in [-0.05, 0) is 36.6 Å². The average Bonchev–Trinajstić information content (AvgIpc) is 2.60. The van der Waals surface area contributed by atoms with Gasteiger partial charge in [-0.1, -0.05) is 12.1 Å². The molecule has 1 unspecified atom stereocenters. The van der Waals surface area contributed by atoms with Gasteiger partial charge in [0.25, 0.3) is 5.91 Å². The zero-order valence-electron chi connectivity index (χ0n) is 14.3. The topological polar surface area (TPSA) is 51.7 Å². The number of methoxy groups -OCH3 is 1. The number of amides is 1. The molecule has 0 saturated carbocycles. The third kappa shape index (κ3) is 3.20. The quantitative estimate of drug-likeness (QED) is 0.866. The molecule has 1 amide bonds. The van der Waals surface area contributed by atoms with E-state index in [1.807, 2.05) is 18.2 Å². The Kier molecular flexibility index (Phi) is 4.69. The fraction of sp³-hybridized carbons (Fsp3) is 0.368. The van der Waals surface area contributed by atoms with Crippen molar-refractivity contribution in [2.24, 2.45) is 5.92 Å². The number of carbonyl (C=O) groups is 1. The van der Waals surface area contributed by atoms with E-state index in [0.29, 0.717) is 18.6 Å². The molecule has 2 aromatic rings. The minimum absolute atomic E-state index is 0.0168. The van der Waals surface area contributed by atoms with Crippen LogP contribution in [0.25, 0.3) is 0 Å². The standard InChI is InChI=1S/C19H22N2O3/c1-21(2)19(22)15-7-5-9-20-16(15)11-13-10-14-6-4-8-17(23-3)18(14)24-12-13/h4-9,13H,10-12H2,1-3H3. The minimum Gasteiger partial charge on any atom is -0.493 e. The van der Waals surface area contributed by atoms with Gasteiger partial charge in [0.2, 0.25) is 0 Å². The van der Waals surface area contributed by atoms with Crippen molar-refractivity contribution in [3.8, 4) is 11.5 Å². The highest BCUT2D eigenvalue weighted by Gasteiger charge is 2.25. The Morgan fingerprint density at radius 2 is 2.17 bits per heavy atom. The first-order valence-corrected chi connectivity index (χ1v) is 8.04. The van der Waals surface area contributed by atoms with Crippen molar-refractivity contribution < 1.29 is 14.3 Å². The van der Waals surface area contributed by atoms with Gasteiger partial charge in [0.05, 0.1) is 25.0 Å². The number of hydrogen-bond acceptors (Lipinski definition) is 4. The first-order chi connectivity index (χ1) is 11.6. The Morgan fingerprint density at radius 3 is 2.92 bits per heavy atom. The maximum Gasteiger partial charge on any atom is 0.255 e. The lowest BCUT2D eigenvalue weighted by Crippen LogP contribution is -2.27. The number of hydrogen-bond donors (Lipinski definition) is 0. The second-order valence-corrected chi connectivity index (χ2v) is 6.23. The molecule has 0 bridgehead atoms. The predicted molar refractivity (Wildman–Crippen MR) is 91.6 cm³/mol. The summed E-state index contributed by atoms with van der Waals surface area (Å²) in [4.78, 5) is 18.3. The number of para-hydroxylation sites is 1. The number of pyridine rings is 1. The molecule has 5 heteroatoms. The van der Waals surface area contributed by atoms with Crippen molar-refractivity contribution in [2.75, 3.05) is 27.8 Å². The van der Waals surface area contributed by atoms with E-state index in [-0.39, 0.29) is 11.8 Å². The molecule has 0 aliphatic carbocycles. The van der Waals surface area contributed by atoms with Crippen LogP contribution in [0, 0.1) is 5.92 Å². The van der Waals surface area contributed by atoms with E-state index < -0.39 is 0 Å². The molecule has 24 heavy (non-hydrogen) atoms. The largest absolute Gasteiger partial charge is 0.493 e. The third-order valence-corrected chi connectivity index (χ3v) is 4.26. The Bertz CT molecular complexity index is 743. The van der Waals surface area contributed by atoms with Gasteiger partial charge in [-0.2, -0.15) is 0 Å². The Morgan fingerprint density at radius 1 is 1.33 bits per heavy atom. The van der Waals surface area contributed by atoms with Crippen LogP contribution in [0.3, 0.4) is 0 Å². The van der Waals surface area contributed by atoms with Gasteiger partial charge in [0, 0.05) is 26.2 Å². The molecule has 1 aromatic heterocycles. The third-order valence-electron chi connectivity index (χ3n) is 4.26. The van der Waals surface area contributed by atoms with Crippen molar-refractivity contribution in [1.29, 1.82) is 0 Å². The van der Waals surface area contributed by atoms with E-state index in [1.54, 1.807) is 38.4 Å². The summed E-state index contributed by atoms with van der Waals surface area (Å²) >= 11 is 0. The fourth-order valence-corrected chi connectivity index (χ4v) is 3.06. The van der Waals surface area contributed by atoms with Gasteiger partial charge < -0.3 is 14.4 Å². The number of aromatic nitrogens is 1. The van der Waals surface area contributed by atoms with E-state index in [4.69, 9.17) is 9.47 Å². The molecule has 0 radical (unpaired) electrons. The van der Waals surface area contributed by atoms with Crippen molar-refractivity contribution in [3.05, 3.63) is 53.3 Å². The molecule has 0 N–H and O–H groups in total. The van der Waals surface area contributed by atoms with Crippen molar-refractivity contribution >= 4 is 5.91 Å². The first-order valence-electron chi connectivity index (χ1n) is 8.04. The van der Waals surface area contributed by atoms with Crippen molar-refractivity contribution in [1.82, 2.24) is 9.88 Å². The number of benzene rings is 1. The maximum atomic E-state index is 12.3. The SMILES string of the molecule is COc1cccc2c1OCC(Cc1ncccc1C(=O)N(C)C)C2. The van der Waals surface area contributed by atoms with E-state index in [9.17, 15) is 4.79 Å². The van der Waals surface area contributed by atoms with E-state index >= 15 is 0 Å². The summed E-state index contributed by atoms with van der Waals surface area (Å²) in [5, 5.41) is 0. The zero-order valence-corrected chi connectivity index (χ0v) is 14.3. The fourth-order valence-electron chi connectivity index (χ4n) is 3.06. The highest BCUT2D eigenvalue weighted by molar-refractivity contribution is 5.94. The highest BCUT2D eigenvalue weighted by atomic mass is 16.5. The van der Waals surface area contributed by atoms with Crippen molar-refractivity contribution in [3.63, 3.8) is 0 Å². The van der Waals surface area contributed by atoms with Crippen LogP contribution in [-0.2, 0) is 12.8 Å². The lowest BCUT2D eigenvalue weighted by atomic mass is 9.91. The lowest BCUT2D eigenvalue weighted by molar-refractivity contribution is 0.0825. The molecule has 1 atom stereocenters. The number of rotatable bonds is 4. The van der Waals surface area contributed by atoms with Gasteiger partial charge in [-0.25, -0.2) is 0 Å². The Hall–Kier alpha value is -2.56. The molecule has 126 valence electrons. The highest BCUT2D eigenvalue weighted by Crippen LogP contribution is 2.36. The van der Waals surface area contributed by atoms with Crippen LogP contribution in [0.15, 0.2) is 36.5 Å². The smallest absolute Gasteiger partial charge is 0.255 e. The van der Waals surface area contributed by atoms with Gasteiger partial charge in [-0.15, -0.1) is 0 Å². The van der Waals surface area contributed by atoms with Gasteiger partial charge in [-0.3, -0.25) is 9.78 Å². The summed E-state index contributed by atoms with van der Waals surface area (Å²) in [6.45, 7) is 0.597. The average molecular weight is 326 g/mol. The van der Waals surface area contributed by atoms with Crippen LogP contribution in [-0.4, -0.2) is 43.6 Å². The Labute approximate surface area is 142 Å². The minimum atomic E-state index is -0.0168.